The summed E-state index contributed by atoms with van der Waals surface area (Å²) in [6.45, 7) is 3.22. The first-order chi connectivity index (χ1) is 5.50. The minimum absolute atomic E-state index is 0.304. The number of hydrogen-bond donors (Lipinski definition) is 3. The molecule has 1 aromatic heterocycles. The van der Waals surface area contributed by atoms with Crippen molar-refractivity contribution in [3.63, 3.8) is 0 Å². The van der Waals surface area contributed by atoms with Gasteiger partial charge >= 0.3 is 0 Å². The number of aromatic nitrogens is 3. The monoisotopic (exact) mass is 169 g/mol. The Kier molecular flexibility index (Phi) is 2.09. The van der Waals surface area contributed by atoms with Gasteiger partial charge in [0.05, 0.1) is 5.54 Å². The molecule has 0 fully saturated rings. The van der Waals surface area contributed by atoms with E-state index in [0.717, 1.165) is 0 Å². The van der Waals surface area contributed by atoms with Gasteiger partial charge in [0.15, 0.2) is 0 Å². The first kappa shape index (κ1) is 8.66. The fourth-order valence-corrected chi connectivity index (χ4v) is 0.534. The molecule has 66 valence electrons. The van der Waals surface area contributed by atoms with Gasteiger partial charge < -0.3 is 5.73 Å². The van der Waals surface area contributed by atoms with E-state index in [1.54, 1.807) is 13.8 Å². The average Bonchev–Trinajstić information content (AvgIpc) is 2.37. The molecule has 0 aromatic carbocycles. The SMILES string of the molecule is CC(C)(N)C(=O)Nc1ncn[nH]1. The molecule has 0 bridgehead atoms. The minimum atomic E-state index is -0.910. The van der Waals surface area contributed by atoms with E-state index in [-0.39, 0.29) is 5.91 Å². The largest absolute Gasteiger partial charge is 0.318 e. The van der Waals surface area contributed by atoms with Crippen LogP contribution in [0.15, 0.2) is 6.33 Å². The average molecular weight is 169 g/mol. The van der Waals surface area contributed by atoms with Crippen molar-refractivity contribution in [3.8, 4) is 0 Å². The summed E-state index contributed by atoms with van der Waals surface area (Å²) < 4.78 is 0. The highest BCUT2D eigenvalue weighted by Crippen LogP contribution is 2.01. The van der Waals surface area contributed by atoms with Gasteiger partial charge in [0.25, 0.3) is 0 Å². The highest BCUT2D eigenvalue weighted by molar-refractivity contribution is 5.95. The predicted molar refractivity (Wildman–Crippen MR) is 43.3 cm³/mol. The summed E-state index contributed by atoms with van der Waals surface area (Å²) in [5.41, 5.74) is 4.61. The maximum Gasteiger partial charge on any atom is 0.246 e. The quantitative estimate of drug-likeness (QED) is 0.555. The molecule has 1 aromatic rings. The van der Waals surface area contributed by atoms with Crippen molar-refractivity contribution in [2.24, 2.45) is 5.73 Å². The summed E-state index contributed by atoms with van der Waals surface area (Å²) in [4.78, 5) is 14.9. The molecule has 1 rings (SSSR count). The van der Waals surface area contributed by atoms with Crippen molar-refractivity contribution < 1.29 is 4.79 Å². The van der Waals surface area contributed by atoms with Crippen LogP contribution in [0.1, 0.15) is 13.8 Å². The number of nitrogens with zero attached hydrogens (tertiary/aromatic N) is 2. The topological polar surface area (TPSA) is 96.7 Å². The summed E-state index contributed by atoms with van der Waals surface area (Å²) in [7, 11) is 0. The number of nitrogens with one attached hydrogen (secondary N) is 2. The van der Waals surface area contributed by atoms with Crippen LogP contribution in [0.5, 0.6) is 0 Å². The fourth-order valence-electron chi connectivity index (χ4n) is 0.534. The molecule has 0 aliphatic carbocycles. The van der Waals surface area contributed by atoms with Gasteiger partial charge in [0, 0.05) is 0 Å². The number of H-pyrrole nitrogens is 1. The number of carbonyl (C=O) groups is 1. The molecule has 12 heavy (non-hydrogen) atoms. The van der Waals surface area contributed by atoms with Gasteiger partial charge in [-0.05, 0) is 13.8 Å². The molecule has 1 heterocycles. The summed E-state index contributed by atoms with van der Waals surface area (Å²) in [6.07, 6.45) is 1.30. The second-order valence-electron chi connectivity index (χ2n) is 3.01. The van der Waals surface area contributed by atoms with Crippen molar-refractivity contribution in [1.82, 2.24) is 15.2 Å². The number of anilines is 1. The number of rotatable bonds is 2. The van der Waals surface area contributed by atoms with Gasteiger partial charge in [-0.15, -0.1) is 0 Å². The number of nitrogens with two attached hydrogens (primary N) is 1. The molecule has 1 amide bonds. The smallest absolute Gasteiger partial charge is 0.246 e. The normalized spacial score (nSPS) is 11.2. The summed E-state index contributed by atoms with van der Waals surface area (Å²) in [5, 5.41) is 8.53. The first-order valence-corrected chi connectivity index (χ1v) is 3.46. The van der Waals surface area contributed by atoms with Gasteiger partial charge in [0.1, 0.15) is 6.33 Å². The van der Waals surface area contributed by atoms with Crippen molar-refractivity contribution in [2.75, 3.05) is 5.32 Å². The van der Waals surface area contributed by atoms with Crippen molar-refractivity contribution >= 4 is 11.9 Å². The van der Waals surface area contributed by atoms with E-state index >= 15 is 0 Å². The minimum Gasteiger partial charge on any atom is -0.318 e. The highest BCUT2D eigenvalue weighted by atomic mass is 16.2. The van der Waals surface area contributed by atoms with Crippen LogP contribution in [-0.2, 0) is 4.79 Å². The lowest BCUT2D eigenvalue weighted by Crippen LogP contribution is -2.45. The maximum atomic E-state index is 11.2. The molecule has 0 aliphatic rings. The molecular formula is C6H11N5O. The Morgan fingerprint density at radius 2 is 2.42 bits per heavy atom. The van der Waals surface area contributed by atoms with Gasteiger partial charge in [-0.3, -0.25) is 10.1 Å². The molecular weight excluding hydrogens is 158 g/mol. The van der Waals surface area contributed by atoms with Crippen LogP contribution >= 0.6 is 0 Å². The van der Waals surface area contributed by atoms with Crippen LogP contribution in [0, 0.1) is 0 Å². The maximum absolute atomic E-state index is 11.2. The number of aromatic amines is 1. The van der Waals surface area contributed by atoms with Gasteiger partial charge in [-0.2, -0.15) is 10.1 Å². The molecule has 0 saturated heterocycles. The Balaban J connectivity index is 2.60. The molecule has 0 atom stereocenters. The lowest BCUT2D eigenvalue weighted by Gasteiger charge is -2.15. The lowest BCUT2D eigenvalue weighted by molar-refractivity contribution is -0.120. The zero-order chi connectivity index (χ0) is 9.19. The predicted octanol–water partition coefficient (Wildman–Crippen LogP) is -0.520. The van der Waals surface area contributed by atoms with Crippen LogP contribution in [0.3, 0.4) is 0 Å². The van der Waals surface area contributed by atoms with E-state index in [1.807, 2.05) is 0 Å². The first-order valence-electron chi connectivity index (χ1n) is 3.46. The molecule has 0 radical (unpaired) electrons. The van der Waals surface area contributed by atoms with Crippen LogP contribution in [0.25, 0.3) is 0 Å². The van der Waals surface area contributed by atoms with E-state index in [1.165, 1.54) is 6.33 Å². The van der Waals surface area contributed by atoms with Gasteiger partial charge in [-0.1, -0.05) is 0 Å². The Bertz CT molecular complexity index is 260. The van der Waals surface area contributed by atoms with E-state index in [2.05, 4.69) is 20.5 Å². The second-order valence-corrected chi connectivity index (χ2v) is 3.01. The lowest BCUT2D eigenvalue weighted by atomic mass is 10.1. The number of amides is 1. The second kappa shape index (κ2) is 2.90. The third-order valence-electron chi connectivity index (χ3n) is 1.23. The van der Waals surface area contributed by atoms with E-state index in [9.17, 15) is 4.79 Å². The van der Waals surface area contributed by atoms with E-state index in [4.69, 9.17) is 5.73 Å². The molecule has 0 unspecified atom stereocenters. The van der Waals surface area contributed by atoms with Gasteiger partial charge in [-0.25, -0.2) is 5.10 Å². The van der Waals surface area contributed by atoms with Crippen molar-refractivity contribution in [3.05, 3.63) is 6.33 Å². The van der Waals surface area contributed by atoms with Crippen LogP contribution in [0.4, 0.5) is 5.95 Å². The molecule has 0 aliphatic heterocycles. The molecule has 4 N–H and O–H groups in total. The molecule has 6 nitrogen and oxygen atoms in total. The van der Waals surface area contributed by atoms with E-state index in [0.29, 0.717) is 5.95 Å². The third kappa shape index (κ3) is 2.03. The zero-order valence-corrected chi connectivity index (χ0v) is 6.96. The Morgan fingerprint density at radius 3 is 2.83 bits per heavy atom. The summed E-state index contributed by atoms with van der Waals surface area (Å²) in [6, 6.07) is 0. The van der Waals surface area contributed by atoms with E-state index < -0.39 is 5.54 Å². The third-order valence-corrected chi connectivity index (χ3v) is 1.23. The van der Waals surface area contributed by atoms with Crippen LogP contribution < -0.4 is 11.1 Å². The summed E-state index contributed by atoms with van der Waals surface area (Å²) in [5.74, 6) is -0.00206. The molecule has 0 saturated carbocycles. The van der Waals surface area contributed by atoms with Crippen LogP contribution in [-0.4, -0.2) is 26.6 Å². The Hall–Kier alpha value is -1.43. The van der Waals surface area contributed by atoms with Crippen LogP contribution in [0.2, 0.25) is 0 Å². The number of hydrogen-bond acceptors (Lipinski definition) is 4. The molecule has 6 heteroatoms. The fraction of sp³-hybridized carbons (Fsp3) is 0.500. The molecule has 0 spiro atoms. The number of carbonyl (C=O) groups excluding carboxylic acids is 1. The Morgan fingerprint density at radius 1 is 1.75 bits per heavy atom. The standard InChI is InChI=1S/C6H11N5O/c1-6(2,7)4(12)10-5-8-3-9-11-5/h3H,7H2,1-2H3,(H2,8,9,10,11,12). The van der Waals surface area contributed by atoms with Crippen molar-refractivity contribution in [1.29, 1.82) is 0 Å². The Labute approximate surface area is 69.6 Å². The van der Waals surface area contributed by atoms with Crippen molar-refractivity contribution in [2.45, 2.75) is 19.4 Å². The summed E-state index contributed by atoms with van der Waals surface area (Å²) >= 11 is 0. The van der Waals surface area contributed by atoms with Gasteiger partial charge in [0.2, 0.25) is 11.9 Å². The zero-order valence-electron chi connectivity index (χ0n) is 6.96. The highest BCUT2D eigenvalue weighted by Gasteiger charge is 2.22.